The zero-order valence-electron chi connectivity index (χ0n) is 8.57. The number of hydrogen-bond donors (Lipinski definition) is 2. The van der Waals surface area contributed by atoms with E-state index in [0.717, 1.165) is 19.3 Å². The van der Waals surface area contributed by atoms with Gasteiger partial charge in [-0.25, -0.2) is 4.72 Å². The normalized spacial score (nSPS) is 18.5. The van der Waals surface area contributed by atoms with Crippen LogP contribution in [0.1, 0.15) is 26.2 Å². The van der Waals surface area contributed by atoms with Gasteiger partial charge in [-0.3, -0.25) is 0 Å². The van der Waals surface area contributed by atoms with E-state index >= 15 is 0 Å². The van der Waals surface area contributed by atoms with Crippen LogP contribution in [0.15, 0.2) is 0 Å². The molecule has 6 heteroatoms. The maximum Gasteiger partial charge on any atom is 0.279 e. The topological polar surface area (TPSA) is 75.4 Å². The predicted octanol–water partition coefficient (Wildman–Crippen LogP) is -0.346. The van der Waals surface area contributed by atoms with Crippen LogP contribution in [0.5, 0.6) is 0 Å². The molecule has 1 saturated carbocycles. The minimum Gasteiger partial charge on any atom is -0.329 e. The second kappa shape index (κ2) is 5.06. The quantitative estimate of drug-likeness (QED) is 0.644. The number of hydrogen-bond acceptors (Lipinski definition) is 3. The van der Waals surface area contributed by atoms with Crippen LogP contribution in [0, 0.1) is 0 Å². The van der Waals surface area contributed by atoms with E-state index < -0.39 is 10.2 Å². The summed E-state index contributed by atoms with van der Waals surface area (Å²) in [5, 5.41) is 0. The summed E-state index contributed by atoms with van der Waals surface area (Å²) in [5.41, 5.74) is 5.40. The predicted molar refractivity (Wildman–Crippen MR) is 56.0 cm³/mol. The van der Waals surface area contributed by atoms with Crippen molar-refractivity contribution in [2.75, 3.05) is 19.6 Å². The molecule has 3 N–H and O–H groups in total. The van der Waals surface area contributed by atoms with Crippen LogP contribution in [0.25, 0.3) is 0 Å². The lowest BCUT2D eigenvalue weighted by Gasteiger charge is -2.36. The summed E-state index contributed by atoms with van der Waals surface area (Å²) >= 11 is 0. The van der Waals surface area contributed by atoms with Crippen molar-refractivity contribution in [1.82, 2.24) is 9.03 Å². The Morgan fingerprint density at radius 2 is 2.14 bits per heavy atom. The summed E-state index contributed by atoms with van der Waals surface area (Å²) in [6, 6.07) is 0.169. The molecule has 0 aromatic heterocycles. The fraction of sp³-hybridized carbons (Fsp3) is 1.00. The second-order valence-corrected chi connectivity index (χ2v) is 5.19. The summed E-state index contributed by atoms with van der Waals surface area (Å²) in [6.07, 6.45) is 3.04. The zero-order chi connectivity index (χ0) is 10.6. The molecule has 0 aromatic rings. The summed E-state index contributed by atoms with van der Waals surface area (Å²) in [7, 11) is -3.29. The highest BCUT2D eigenvalue weighted by atomic mass is 32.2. The van der Waals surface area contributed by atoms with Crippen LogP contribution < -0.4 is 10.5 Å². The largest absolute Gasteiger partial charge is 0.329 e. The standard InChI is InChI=1S/C8H19N3O2S/c1-2-10-14(12,13)11(7-6-9)8-4-3-5-8/h8,10H,2-7,9H2,1H3. The fourth-order valence-electron chi connectivity index (χ4n) is 1.57. The van der Waals surface area contributed by atoms with Gasteiger partial charge in [0, 0.05) is 25.7 Å². The lowest BCUT2D eigenvalue weighted by atomic mass is 9.93. The monoisotopic (exact) mass is 221 g/mol. The van der Waals surface area contributed by atoms with E-state index in [-0.39, 0.29) is 6.04 Å². The van der Waals surface area contributed by atoms with Crippen molar-refractivity contribution in [1.29, 1.82) is 0 Å². The highest BCUT2D eigenvalue weighted by molar-refractivity contribution is 7.87. The van der Waals surface area contributed by atoms with E-state index in [1.54, 1.807) is 6.92 Å². The summed E-state index contributed by atoms with van der Waals surface area (Å²) in [4.78, 5) is 0. The van der Waals surface area contributed by atoms with E-state index in [9.17, 15) is 8.42 Å². The van der Waals surface area contributed by atoms with Crippen molar-refractivity contribution in [3.8, 4) is 0 Å². The van der Waals surface area contributed by atoms with Crippen LogP contribution in [0.3, 0.4) is 0 Å². The van der Waals surface area contributed by atoms with Crippen molar-refractivity contribution >= 4 is 10.2 Å². The van der Waals surface area contributed by atoms with Crippen molar-refractivity contribution < 1.29 is 8.42 Å². The molecule has 0 bridgehead atoms. The van der Waals surface area contributed by atoms with Gasteiger partial charge in [-0.1, -0.05) is 13.3 Å². The van der Waals surface area contributed by atoms with E-state index in [1.807, 2.05) is 0 Å². The molecular formula is C8H19N3O2S. The number of rotatable bonds is 6. The fourth-order valence-corrected chi connectivity index (χ4v) is 3.05. The molecule has 0 atom stereocenters. The van der Waals surface area contributed by atoms with Gasteiger partial charge in [0.15, 0.2) is 0 Å². The zero-order valence-corrected chi connectivity index (χ0v) is 9.39. The smallest absolute Gasteiger partial charge is 0.279 e. The van der Waals surface area contributed by atoms with Crippen molar-refractivity contribution in [2.45, 2.75) is 32.2 Å². The van der Waals surface area contributed by atoms with Crippen LogP contribution in [0.4, 0.5) is 0 Å². The number of nitrogens with zero attached hydrogens (tertiary/aromatic N) is 1. The molecule has 0 unspecified atom stereocenters. The first-order valence-electron chi connectivity index (χ1n) is 5.08. The van der Waals surface area contributed by atoms with E-state index in [1.165, 1.54) is 4.31 Å². The molecule has 0 heterocycles. The third-order valence-corrected chi connectivity index (χ3v) is 4.22. The van der Waals surface area contributed by atoms with E-state index in [4.69, 9.17) is 5.73 Å². The minimum atomic E-state index is -3.29. The molecule has 0 aromatic carbocycles. The van der Waals surface area contributed by atoms with Crippen LogP contribution in [-0.2, 0) is 10.2 Å². The lowest BCUT2D eigenvalue weighted by Crippen LogP contribution is -2.50. The van der Waals surface area contributed by atoms with Crippen molar-refractivity contribution in [3.63, 3.8) is 0 Å². The van der Waals surface area contributed by atoms with Gasteiger partial charge < -0.3 is 5.73 Å². The van der Waals surface area contributed by atoms with Gasteiger partial charge in [0.25, 0.3) is 10.2 Å². The Hall–Kier alpha value is -0.170. The first-order valence-corrected chi connectivity index (χ1v) is 6.52. The van der Waals surface area contributed by atoms with Gasteiger partial charge in [-0.15, -0.1) is 0 Å². The Labute approximate surface area is 85.8 Å². The Morgan fingerprint density at radius 3 is 2.50 bits per heavy atom. The maximum atomic E-state index is 11.7. The Kier molecular flexibility index (Phi) is 4.31. The average molecular weight is 221 g/mol. The van der Waals surface area contributed by atoms with E-state index in [2.05, 4.69) is 4.72 Å². The molecular weight excluding hydrogens is 202 g/mol. The number of nitrogens with one attached hydrogen (secondary N) is 1. The molecule has 0 spiro atoms. The molecule has 1 aliphatic rings. The molecule has 0 radical (unpaired) electrons. The molecule has 0 saturated heterocycles. The Morgan fingerprint density at radius 1 is 1.50 bits per heavy atom. The molecule has 0 aliphatic heterocycles. The van der Waals surface area contributed by atoms with Crippen molar-refractivity contribution in [2.24, 2.45) is 5.73 Å². The Balaban J connectivity index is 2.65. The molecule has 84 valence electrons. The first-order chi connectivity index (χ1) is 6.61. The van der Waals surface area contributed by atoms with Gasteiger partial charge in [-0.05, 0) is 12.8 Å². The SMILES string of the molecule is CCNS(=O)(=O)N(CCN)C1CCC1. The lowest BCUT2D eigenvalue weighted by molar-refractivity contribution is 0.221. The van der Waals surface area contributed by atoms with Gasteiger partial charge in [0.05, 0.1) is 0 Å². The molecule has 0 amide bonds. The third-order valence-electron chi connectivity index (χ3n) is 2.47. The Bertz CT molecular complexity index is 262. The van der Waals surface area contributed by atoms with Gasteiger partial charge in [0.1, 0.15) is 0 Å². The summed E-state index contributed by atoms with van der Waals surface area (Å²) in [6.45, 7) is 3.00. The minimum absolute atomic E-state index is 0.169. The summed E-state index contributed by atoms with van der Waals surface area (Å²) in [5.74, 6) is 0. The molecule has 5 nitrogen and oxygen atoms in total. The molecule has 1 rings (SSSR count). The van der Waals surface area contributed by atoms with Crippen LogP contribution in [-0.4, -0.2) is 38.4 Å². The summed E-state index contributed by atoms with van der Waals surface area (Å²) < 4.78 is 27.4. The van der Waals surface area contributed by atoms with Crippen LogP contribution >= 0.6 is 0 Å². The average Bonchev–Trinajstić information content (AvgIpc) is 2.00. The third kappa shape index (κ3) is 2.66. The molecule has 1 fully saturated rings. The first kappa shape index (κ1) is 11.9. The van der Waals surface area contributed by atoms with Gasteiger partial charge >= 0.3 is 0 Å². The van der Waals surface area contributed by atoms with E-state index in [0.29, 0.717) is 19.6 Å². The van der Waals surface area contributed by atoms with Crippen molar-refractivity contribution in [3.05, 3.63) is 0 Å². The van der Waals surface area contributed by atoms with Crippen LogP contribution in [0.2, 0.25) is 0 Å². The highest BCUT2D eigenvalue weighted by Gasteiger charge is 2.32. The number of nitrogens with two attached hydrogens (primary N) is 1. The second-order valence-electron chi connectivity index (χ2n) is 3.49. The molecule has 1 aliphatic carbocycles. The molecule has 14 heavy (non-hydrogen) atoms. The highest BCUT2D eigenvalue weighted by Crippen LogP contribution is 2.26. The maximum absolute atomic E-state index is 11.7. The van der Waals surface area contributed by atoms with Gasteiger partial charge in [0.2, 0.25) is 0 Å². The van der Waals surface area contributed by atoms with Gasteiger partial charge in [-0.2, -0.15) is 12.7 Å².